The monoisotopic (exact) mass is 742 g/mol. The molecule has 2 nitrogen and oxygen atoms in total. The van der Waals surface area contributed by atoms with Crippen LogP contribution in [0.1, 0.15) is 41.9 Å². The zero-order valence-corrected chi connectivity index (χ0v) is 32.3. The van der Waals surface area contributed by atoms with Crippen molar-refractivity contribution in [1.82, 2.24) is 0 Å². The van der Waals surface area contributed by atoms with Gasteiger partial charge in [0, 0.05) is 45.9 Å². The first kappa shape index (κ1) is 33.3. The molecule has 58 heavy (non-hydrogen) atoms. The van der Waals surface area contributed by atoms with Crippen molar-refractivity contribution in [2.75, 3.05) is 9.80 Å². The fourth-order valence-electron chi connectivity index (χ4n) is 10.3. The number of hydrogen-bond donors (Lipinski definition) is 0. The fourth-order valence-corrected chi connectivity index (χ4v) is 10.3. The van der Waals surface area contributed by atoms with Gasteiger partial charge in [-0.1, -0.05) is 146 Å². The van der Waals surface area contributed by atoms with E-state index in [1.165, 1.54) is 107 Å². The van der Waals surface area contributed by atoms with Crippen LogP contribution in [0.2, 0.25) is 0 Å². The summed E-state index contributed by atoms with van der Waals surface area (Å²) in [4.78, 5) is 5.05. The molecular formula is C56H42N2. The van der Waals surface area contributed by atoms with Crippen molar-refractivity contribution < 1.29 is 0 Å². The van der Waals surface area contributed by atoms with E-state index in [4.69, 9.17) is 0 Å². The highest BCUT2D eigenvalue weighted by Gasteiger charge is 2.40. The van der Waals surface area contributed by atoms with Crippen LogP contribution < -0.4 is 9.80 Å². The van der Waals surface area contributed by atoms with Gasteiger partial charge in [-0.15, -0.1) is 0 Å². The standard InChI is InChI=1S/C56H42N2/c1-5-13-43-33-47(25-17-37(43)9-1)57(48-26-18-38-10-2-6-14-44(38)34-48)53-31-23-41-22-30-52-54(32-24-42-21-29-51(53)55(41)56(42)52)58(49-27-19-39-11-3-7-15-45(39)35-49)50-28-20-40-12-4-8-16-46(40)36-50/h1-3,5-11,13-19,21-36,40,51,55H,4,12,20H2/t40?,51-,55?/m0/s1. The molecule has 5 aliphatic rings. The highest BCUT2D eigenvalue weighted by atomic mass is 15.2. The third-order valence-electron chi connectivity index (χ3n) is 13.2. The molecule has 3 atom stereocenters. The molecule has 0 bridgehead atoms. The van der Waals surface area contributed by atoms with Crippen LogP contribution in [0.25, 0.3) is 44.5 Å². The van der Waals surface area contributed by atoms with Crippen LogP contribution in [-0.4, -0.2) is 0 Å². The van der Waals surface area contributed by atoms with E-state index >= 15 is 0 Å². The SMILES string of the molecule is C1=CC2=CC(N(c3ccc4ccccc4c3)c3ccc4c5c3C=CC3=CC=C(N(c6ccc7ccccc7c6)c6ccc7ccccc7c6)[C@H](C=C4)C35)=CCC2CC1. The summed E-state index contributed by atoms with van der Waals surface area (Å²) in [5, 5.41) is 7.50. The topological polar surface area (TPSA) is 6.48 Å². The summed E-state index contributed by atoms with van der Waals surface area (Å²) >= 11 is 0. The number of benzene rings is 7. The first-order chi connectivity index (χ1) is 28.7. The molecule has 0 saturated heterocycles. The van der Waals surface area contributed by atoms with Crippen LogP contribution >= 0.6 is 0 Å². The molecule has 2 heteroatoms. The number of nitrogens with zero attached hydrogens (tertiary/aromatic N) is 2. The summed E-state index contributed by atoms with van der Waals surface area (Å²) < 4.78 is 0. The molecule has 7 aromatic carbocycles. The molecule has 0 N–H and O–H groups in total. The van der Waals surface area contributed by atoms with Crippen LogP contribution in [0.4, 0.5) is 22.7 Å². The summed E-state index contributed by atoms with van der Waals surface area (Å²) in [6.45, 7) is 0. The van der Waals surface area contributed by atoms with E-state index in [-0.39, 0.29) is 11.8 Å². The maximum Gasteiger partial charge on any atom is 0.0537 e. The minimum atomic E-state index is 0.141. The van der Waals surface area contributed by atoms with Gasteiger partial charge in [-0.3, -0.25) is 0 Å². The number of hydrogen-bond acceptors (Lipinski definition) is 2. The number of anilines is 4. The molecule has 0 heterocycles. The molecule has 12 rings (SSSR count). The van der Waals surface area contributed by atoms with Gasteiger partial charge in [0.05, 0.1) is 5.69 Å². The zero-order valence-electron chi connectivity index (χ0n) is 32.3. The van der Waals surface area contributed by atoms with Crippen molar-refractivity contribution in [2.45, 2.75) is 25.2 Å². The summed E-state index contributed by atoms with van der Waals surface area (Å²) in [6, 6.07) is 51.6. The van der Waals surface area contributed by atoms with Gasteiger partial charge in [0.15, 0.2) is 0 Å². The molecule has 276 valence electrons. The second kappa shape index (κ2) is 13.4. The Morgan fingerprint density at radius 3 is 1.79 bits per heavy atom. The lowest BCUT2D eigenvalue weighted by Crippen LogP contribution is -2.31. The van der Waals surface area contributed by atoms with Crippen LogP contribution in [-0.2, 0) is 0 Å². The Morgan fingerprint density at radius 2 is 1.14 bits per heavy atom. The fraction of sp³-hybridized carbons (Fsp3) is 0.107. The normalized spacial score (nSPS) is 19.9. The molecule has 0 saturated carbocycles. The van der Waals surface area contributed by atoms with Crippen molar-refractivity contribution in [2.24, 2.45) is 11.8 Å². The van der Waals surface area contributed by atoms with E-state index in [9.17, 15) is 0 Å². The molecule has 0 radical (unpaired) electrons. The highest BCUT2D eigenvalue weighted by molar-refractivity contribution is 5.93. The lowest BCUT2D eigenvalue weighted by atomic mass is 9.67. The van der Waals surface area contributed by atoms with Crippen molar-refractivity contribution >= 4 is 67.2 Å². The largest absolute Gasteiger partial charge is 0.314 e. The van der Waals surface area contributed by atoms with Crippen molar-refractivity contribution in [1.29, 1.82) is 0 Å². The maximum absolute atomic E-state index is 2.54. The van der Waals surface area contributed by atoms with E-state index < -0.39 is 0 Å². The van der Waals surface area contributed by atoms with E-state index in [1.807, 2.05) is 0 Å². The summed E-state index contributed by atoms with van der Waals surface area (Å²) in [5.74, 6) is 0.932. The van der Waals surface area contributed by atoms with Gasteiger partial charge in [0.25, 0.3) is 0 Å². The minimum Gasteiger partial charge on any atom is -0.314 e. The zero-order chi connectivity index (χ0) is 38.2. The van der Waals surface area contributed by atoms with Crippen molar-refractivity contribution in [3.05, 3.63) is 227 Å². The number of allylic oxidation sites excluding steroid dienone is 10. The molecular weight excluding hydrogens is 701 g/mol. The third kappa shape index (κ3) is 5.40. The Balaban J connectivity index is 1.02. The molecule has 0 aromatic heterocycles. The van der Waals surface area contributed by atoms with Gasteiger partial charge < -0.3 is 9.80 Å². The molecule has 5 aliphatic carbocycles. The highest BCUT2D eigenvalue weighted by Crippen LogP contribution is 2.54. The smallest absolute Gasteiger partial charge is 0.0537 e. The summed E-state index contributed by atoms with van der Waals surface area (Å²) in [5.41, 5.74) is 14.2. The predicted octanol–water partition coefficient (Wildman–Crippen LogP) is 14.9. The van der Waals surface area contributed by atoms with Crippen molar-refractivity contribution in [3.8, 4) is 0 Å². The Morgan fingerprint density at radius 1 is 0.517 bits per heavy atom. The third-order valence-corrected chi connectivity index (χ3v) is 13.2. The van der Waals surface area contributed by atoms with E-state index in [2.05, 4.69) is 210 Å². The maximum atomic E-state index is 2.54. The Hall–Kier alpha value is -6.90. The van der Waals surface area contributed by atoms with Crippen molar-refractivity contribution in [3.63, 3.8) is 0 Å². The average Bonchev–Trinajstić information content (AvgIpc) is 3.29. The van der Waals surface area contributed by atoms with Gasteiger partial charge in [-0.25, -0.2) is 0 Å². The van der Waals surface area contributed by atoms with Gasteiger partial charge in [0.1, 0.15) is 0 Å². The predicted molar refractivity (Wildman–Crippen MR) is 246 cm³/mol. The lowest BCUT2D eigenvalue weighted by Gasteiger charge is -2.43. The Bertz CT molecular complexity index is 2990. The van der Waals surface area contributed by atoms with E-state index in [0.29, 0.717) is 5.92 Å². The first-order valence-electron chi connectivity index (χ1n) is 20.8. The van der Waals surface area contributed by atoms with E-state index in [1.54, 1.807) is 0 Å². The number of rotatable bonds is 6. The molecule has 0 fully saturated rings. The van der Waals surface area contributed by atoms with Gasteiger partial charge in [-0.05, 0) is 134 Å². The van der Waals surface area contributed by atoms with Gasteiger partial charge >= 0.3 is 0 Å². The molecule has 2 unspecified atom stereocenters. The molecule has 0 amide bonds. The van der Waals surface area contributed by atoms with Crippen LogP contribution in [0.5, 0.6) is 0 Å². The van der Waals surface area contributed by atoms with Crippen LogP contribution in [0, 0.1) is 11.8 Å². The first-order valence-corrected chi connectivity index (χ1v) is 20.8. The number of fused-ring (bicyclic) bond motifs is 4. The van der Waals surface area contributed by atoms with E-state index in [0.717, 1.165) is 6.42 Å². The van der Waals surface area contributed by atoms with Crippen LogP contribution in [0.15, 0.2) is 211 Å². The molecule has 0 aliphatic heterocycles. The lowest BCUT2D eigenvalue weighted by molar-refractivity contribution is 0.562. The Kier molecular flexibility index (Phi) is 7.66. The van der Waals surface area contributed by atoms with Crippen LogP contribution in [0.3, 0.4) is 0 Å². The summed E-state index contributed by atoms with van der Waals surface area (Å²) in [7, 11) is 0. The molecule has 0 spiro atoms. The minimum absolute atomic E-state index is 0.141. The average molecular weight is 743 g/mol. The molecule has 7 aromatic rings. The second-order valence-corrected chi connectivity index (χ2v) is 16.4. The summed E-state index contributed by atoms with van der Waals surface area (Å²) in [6.07, 6.45) is 27.5. The van der Waals surface area contributed by atoms with Gasteiger partial charge in [-0.2, -0.15) is 0 Å². The van der Waals surface area contributed by atoms with Gasteiger partial charge in [0.2, 0.25) is 0 Å². The quantitative estimate of drug-likeness (QED) is 0.167. The second-order valence-electron chi connectivity index (χ2n) is 16.4. The Labute approximate surface area is 340 Å².